The third-order valence-electron chi connectivity index (χ3n) is 4.82. The number of rotatable bonds is 6. The zero-order valence-corrected chi connectivity index (χ0v) is 17.8. The lowest BCUT2D eigenvalue weighted by Gasteiger charge is -2.12. The summed E-state index contributed by atoms with van der Waals surface area (Å²) in [6.07, 6.45) is 3.41. The molecule has 162 valence electrons. The van der Waals surface area contributed by atoms with Gasteiger partial charge >= 0.3 is 6.03 Å². The number of methoxy groups -OCH3 is 1. The molecule has 32 heavy (non-hydrogen) atoms. The van der Waals surface area contributed by atoms with E-state index in [0.717, 1.165) is 16.3 Å². The number of urea groups is 1. The zero-order valence-electron chi connectivity index (χ0n) is 17.0. The first-order valence-corrected chi connectivity index (χ1v) is 10.0. The van der Waals surface area contributed by atoms with Gasteiger partial charge < -0.3 is 19.9 Å². The smallest absolute Gasteiger partial charge is 0.329 e. The maximum Gasteiger partial charge on any atom is 0.329 e. The Morgan fingerprint density at radius 3 is 2.50 bits per heavy atom. The van der Waals surface area contributed by atoms with Gasteiger partial charge in [0.2, 0.25) is 5.91 Å². The van der Waals surface area contributed by atoms with Gasteiger partial charge in [-0.2, -0.15) is 0 Å². The molecule has 1 aliphatic heterocycles. The highest BCUT2D eigenvalue weighted by molar-refractivity contribution is 6.30. The van der Waals surface area contributed by atoms with Gasteiger partial charge in [-0.1, -0.05) is 11.6 Å². The Bertz CT molecular complexity index is 1200. The molecule has 1 fully saturated rings. The summed E-state index contributed by atoms with van der Waals surface area (Å²) in [7, 11) is 1.59. The molecule has 0 atom stereocenters. The van der Waals surface area contributed by atoms with Crippen molar-refractivity contribution >= 4 is 41.2 Å². The van der Waals surface area contributed by atoms with Crippen LogP contribution in [0.25, 0.3) is 11.8 Å². The Labute approximate surface area is 189 Å². The number of nitrogens with zero attached hydrogens (tertiary/aromatic N) is 2. The average molecular weight is 451 g/mol. The maximum atomic E-state index is 12.8. The lowest BCUT2D eigenvalue weighted by atomic mass is 10.2. The second-order valence-corrected chi connectivity index (χ2v) is 7.37. The Morgan fingerprint density at radius 2 is 1.81 bits per heavy atom. The largest absolute Gasteiger partial charge is 0.497 e. The van der Waals surface area contributed by atoms with Crippen molar-refractivity contribution in [3.05, 3.63) is 83.3 Å². The first-order valence-electron chi connectivity index (χ1n) is 9.66. The highest BCUT2D eigenvalue weighted by Crippen LogP contribution is 2.20. The summed E-state index contributed by atoms with van der Waals surface area (Å²) in [6.45, 7) is -0.413. The minimum Gasteiger partial charge on any atom is -0.497 e. The van der Waals surface area contributed by atoms with Crippen molar-refractivity contribution in [3.8, 4) is 11.4 Å². The summed E-state index contributed by atoms with van der Waals surface area (Å²) in [4.78, 5) is 38.2. The van der Waals surface area contributed by atoms with Crippen LogP contribution in [0.4, 0.5) is 10.5 Å². The van der Waals surface area contributed by atoms with Crippen molar-refractivity contribution in [2.45, 2.75) is 0 Å². The predicted molar refractivity (Wildman–Crippen MR) is 121 cm³/mol. The fourth-order valence-corrected chi connectivity index (χ4v) is 3.36. The molecule has 9 heteroatoms. The molecule has 1 aliphatic rings. The highest BCUT2D eigenvalue weighted by Gasteiger charge is 2.35. The van der Waals surface area contributed by atoms with Gasteiger partial charge in [-0.05, 0) is 66.7 Å². The van der Waals surface area contributed by atoms with E-state index in [0.29, 0.717) is 16.4 Å². The second kappa shape index (κ2) is 8.99. The minimum atomic E-state index is -0.657. The van der Waals surface area contributed by atoms with Gasteiger partial charge in [-0.15, -0.1) is 0 Å². The summed E-state index contributed by atoms with van der Waals surface area (Å²) >= 11 is 5.83. The lowest BCUT2D eigenvalue weighted by molar-refractivity contribution is -0.127. The van der Waals surface area contributed by atoms with E-state index in [4.69, 9.17) is 16.3 Å². The summed E-state index contributed by atoms with van der Waals surface area (Å²) in [6, 6.07) is 16.9. The van der Waals surface area contributed by atoms with Crippen LogP contribution in [0.1, 0.15) is 5.69 Å². The van der Waals surface area contributed by atoms with Gasteiger partial charge in [0.15, 0.2) is 0 Å². The molecule has 1 saturated heterocycles. The summed E-state index contributed by atoms with van der Waals surface area (Å²) < 4.78 is 7.04. The van der Waals surface area contributed by atoms with Crippen LogP contribution in [0.15, 0.2) is 72.6 Å². The molecule has 2 heterocycles. The Kier molecular flexibility index (Phi) is 5.96. The van der Waals surface area contributed by atoms with Crippen LogP contribution in [0, 0.1) is 0 Å². The van der Waals surface area contributed by atoms with E-state index >= 15 is 0 Å². The van der Waals surface area contributed by atoms with Crippen molar-refractivity contribution in [2.75, 3.05) is 19.0 Å². The molecule has 3 aromatic rings. The number of carbonyl (C=O) groups excluding carboxylic acids is 3. The van der Waals surface area contributed by atoms with Gasteiger partial charge in [0.25, 0.3) is 5.91 Å². The van der Waals surface area contributed by atoms with Gasteiger partial charge in [-0.3, -0.25) is 9.59 Å². The molecule has 2 N–H and O–H groups in total. The lowest BCUT2D eigenvalue weighted by Crippen LogP contribution is -2.38. The molecule has 0 radical (unpaired) electrons. The second-order valence-electron chi connectivity index (χ2n) is 6.94. The van der Waals surface area contributed by atoms with Crippen LogP contribution < -0.4 is 15.4 Å². The summed E-state index contributed by atoms with van der Waals surface area (Å²) in [5, 5.41) is 5.70. The standard InChI is InChI=1S/C23H19ClN4O4/c1-32-19-10-8-17(9-11-19)27-12-2-3-18(27)13-20-22(30)28(23(31)26-20)14-21(29)25-16-6-4-15(24)5-7-16/h2-13H,14H2,1H3,(H,25,29)(H,26,31)/b20-13-. The van der Waals surface area contributed by atoms with E-state index in [-0.39, 0.29) is 5.70 Å². The van der Waals surface area contributed by atoms with E-state index < -0.39 is 24.4 Å². The number of amides is 4. The van der Waals surface area contributed by atoms with E-state index in [1.807, 2.05) is 47.2 Å². The number of ether oxygens (including phenoxy) is 1. The van der Waals surface area contributed by atoms with Crippen LogP contribution in [-0.2, 0) is 9.59 Å². The molecule has 0 saturated carbocycles. The fraction of sp³-hybridized carbons (Fsp3) is 0.0870. The topological polar surface area (TPSA) is 92.7 Å². The number of anilines is 1. The van der Waals surface area contributed by atoms with Crippen molar-refractivity contribution < 1.29 is 19.1 Å². The van der Waals surface area contributed by atoms with Crippen molar-refractivity contribution in [2.24, 2.45) is 0 Å². The Morgan fingerprint density at radius 1 is 1.09 bits per heavy atom. The third kappa shape index (κ3) is 4.50. The van der Waals surface area contributed by atoms with Crippen LogP contribution >= 0.6 is 11.6 Å². The molecule has 0 unspecified atom stereocenters. The minimum absolute atomic E-state index is 0.0859. The van der Waals surface area contributed by atoms with Gasteiger partial charge in [-0.25, -0.2) is 9.69 Å². The number of hydrogen-bond donors (Lipinski definition) is 2. The molecule has 0 spiro atoms. The molecule has 4 amide bonds. The van der Waals surface area contributed by atoms with Crippen molar-refractivity contribution in [3.63, 3.8) is 0 Å². The quantitative estimate of drug-likeness (QED) is 0.442. The van der Waals surface area contributed by atoms with Crippen LogP contribution in [-0.4, -0.2) is 41.0 Å². The molecule has 0 aliphatic carbocycles. The molecule has 1 aromatic heterocycles. The number of aromatic nitrogens is 1. The average Bonchev–Trinajstić information content (AvgIpc) is 3.35. The SMILES string of the molecule is COc1ccc(-n2cccc2/C=C2\NC(=O)N(CC(=O)Nc3ccc(Cl)cc3)C2=O)cc1. The van der Waals surface area contributed by atoms with E-state index in [1.54, 1.807) is 37.5 Å². The number of hydrogen-bond acceptors (Lipinski definition) is 4. The van der Waals surface area contributed by atoms with E-state index in [9.17, 15) is 14.4 Å². The first kappa shape index (κ1) is 21.2. The molecule has 2 aromatic carbocycles. The van der Waals surface area contributed by atoms with Crippen molar-refractivity contribution in [1.29, 1.82) is 0 Å². The normalized spacial score (nSPS) is 14.6. The molecule has 8 nitrogen and oxygen atoms in total. The van der Waals surface area contributed by atoms with Crippen molar-refractivity contribution in [1.82, 2.24) is 14.8 Å². The first-order chi connectivity index (χ1) is 15.4. The number of imide groups is 1. The highest BCUT2D eigenvalue weighted by atomic mass is 35.5. The van der Waals surface area contributed by atoms with E-state index in [2.05, 4.69) is 10.6 Å². The van der Waals surface area contributed by atoms with Crippen LogP contribution in [0.2, 0.25) is 5.02 Å². The Hall–Kier alpha value is -4.04. The molecule has 4 rings (SSSR count). The van der Waals surface area contributed by atoms with Crippen LogP contribution in [0.5, 0.6) is 5.75 Å². The third-order valence-corrected chi connectivity index (χ3v) is 5.07. The number of halogens is 1. The molecular weight excluding hydrogens is 432 g/mol. The Balaban J connectivity index is 1.48. The number of benzene rings is 2. The number of carbonyl (C=O) groups is 3. The van der Waals surface area contributed by atoms with E-state index in [1.165, 1.54) is 0 Å². The predicted octanol–water partition coefficient (Wildman–Crippen LogP) is 3.67. The molecule has 0 bridgehead atoms. The number of nitrogens with one attached hydrogen (secondary N) is 2. The summed E-state index contributed by atoms with van der Waals surface area (Å²) in [5.41, 5.74) is 2.15. The fourth-order valence-electron chi connectivity index (χ4n) is 3.23. The monoisotopic (exact) mass is 450 g/mol. The molecular formula is C23H19ClN4O4. The van der Waals surface area contributed by atoms with Crippen LogP contribution in [0.3, 0.4) is 0 Å². The maximum absolute atomic E-state index is 12.8. The van der Waals surface area contributed by atoms with Gasteiger partial charge in [0, 0.05) is 28.3 Å². The van der Waals surface area contributed by atoms with Gasteiger partial charge in [0.1, 0.15) is 18.0 Å². The zero-order chi connectivity index (χ0) is 22.7. The van der Waals surface area contributed by atoms with Gasteiger partial charge in [0.05, 0.1) is 7.11 Å². The summed E-state index contributed by atoms with van der Waals surface area (Å²) in [5.74, 6) is -0.353.